The lowest BCUT2D eigenvalue weighted by molar-refractivity contribution is 0.201. The molecule has 78 valence electrons. The van der Waals surface area contributed by atoms with Crippen LogP contribution in [0.5, 0.6) is 0 Å². The molecule has 0 spiro atoms. The number of piperidine rings is 1. The molecule has 0 bridgehead atoms. The highest BCUT2D eigenvalue weighted by Gasteiger charge is 2.16. The van der Waals surface area contributed by atoms with E-state index >= 15 is 0 Å². The summed E-state index contributed by atoms with van der Waals surface area (Å²) in [4.78, 5) is 2.41. The Morgan fingerprint density at radius 1 is 1.43 bits per heavy atom. The van der Waals surface area contributed by atoms with E-state index in [9.17, 15) is 0 Å². The summed E-state index contributed by atoms with van der Waals surface area (Å²) in [5, 5.41) is 4.33. The quantitative estimate of drug-likeness (QED) is 0.710. The molecule has 3 nitrogen and oxygen atoms in total. The van der Waals surface area contributed by atoms with Gasteiger partial charge in [0.25, 0.3) is 0 Å². The molecule has 3 heteroatoms. The standard InChI is InChI=1S/C11H19N3/c1-10-7-12-14(8-10)9-11-3-5-13(2)6-4-11/h7-8,11H,3-6,9H2,1-2H3. The van der Waals surface area contributed by atoms with Crippen LogP contribution in [0.25, 0.3) is 0 Å². The molecular formula is C11H19N3. The number of rotatable bonds is 2. The van der Waals surface area contributed by atoms with E-state index in [1.165, 1.54) is 31.5 Å². The third-order valence-corrected chi connectivity index (χ3v) is 3.05. The molecule has 0 aliphatic carbocycles. The first kappa shape index (κ1) is 9.71. The van der Waals surface area contributed by atoms with E-state index < -0.39 is 0 Å². The van der Waals surface area contributed by atoms with E-state index in [0.717, 1.165) is 12.5 Å². The molecule has 1 aromatic heterocycles. The second kappa shape index (κ2) is 4.13. The van der Waals surface area contributed by atoms with Gasteiger partial charge in [-0.3, -0.25) is 4.68 Å². The summed E-state index contributed by atoms with van der Waals surface area (Å²) in [6.45, 7) is 5.68. The summed E-state index contributed by atoms with van der Waals surface area (Å²) in [6, 6.07) is 0. The molecule has 0 atom stereocenters. The van der Waals surface area contributed by atoms with Crippen molar-refractivity contribution in [2.24, 2.45) is 5.92 Å². The first-order valence-electron chi connectivity index (χ1n) is 5.41. The van der Waals surface area contributed by atoms with Gasteiger partial charge >= 0.3 is 0 Å². The lowest BCUT2D eigenvalue weighted by Crippen LogP contribution is -2.31. The Morgan fingerprint density at radius 2 is 2.14 bits per heavy atom. The summed E-state index contributed by atoms with van der Waals surface area (Å²) < 4.78 is 2.09. The van der Waals surface area contributed by atoms with Crippen molar-refractivity contribution in [1.82, 2.24) is 14.7 Å². The SMILES string of the molecule is Cc1cnn(CC2CCN(C)CC2)c1. The third-order valence-electron chi connectivity index (χ3n) is 3.05. The largest absolute Gasteiger partial charge is 0.306 e. The Labute approximate surface area is 85.7 Å². The molecule has 1 aliphatic rings. The molecule has 0 radical (unpaired) electrons. The lowest BCUT2D eigenvalue weighted by atomic mass is 9.97. The van der Waals surface area contributed by atoms with Crippen LogP contribution < -0.4 is 0 Å². The van der Waals surface area contributed by atoms with Gasteiger partial charge in [0.1, 0.15) is 0 Å². The highest BCUT2D eigenvalue weighted by molar-refractivity contribution is 4.99. The normalized spacial score (nSPS) is 20.1. The molecule has 2 heterocycles. The van der Waals surface area contributed by atoms with Gasteiger partial charge in [-0.2, -0.15) is 5.10 Å². The van der Waals surface area contributed by atoms with Crippen LogP contribution in [0, 0.1) is 12.8 Å². The van der Waals surface area contributed by atoms with Crippen LogP contribution in [0.3, 0.4) is 0 Å². The number of aryl methyl sites for hydroxylation is 1. The van der Waals surface area contributed by atoms with Crippen LogP contribution in [0.2, 0.25) is 0 Å². The van der Waals surface area contributed by atoms with Gasteiger partial charge in [-0.1, -0.05) is 0 Å². The Balaban J connectivity index is 1.86. The second-order valence-corrected chi connectivity index (χ2v) is 4.49. The van der Waals surface area contributed by atoms with Crippen molar-refractivity contribution < 1.29 is 0 Å². The van der Waals surface area contributed by atoms with Crippen LogP contribution in [-0.4, -0.2) is 34.8 Å². The maximum Gasteiger partial charge on any atom is 0.0518 e. The molecule has 1 fully saturated rings. The van der Waals surface area contributed by atoms with E-state index in [2.05, 4.69) is 34.8 Å². The fraction of sp³-hybridized carbons (Fsp3) is 0.727. The molecule has 1 aromatic rings. The summed E-state index contributed by atoms with van der Waals surface area (Å²) in [7, 11) is 2.20. The smallest absolute Gasteiger partial charge is 0.0518 e. The maximum atomic E-state index is 4.33. The number of nitrogens with zero attached hydrogens (tertiary/aromatic N) is 3. The van der Waals surface area contributed by atoms with E-state index in [-0.39, 0.29) is 0 Å². The molecule has 2 rings (SSSR count). The van der Waals surface area contributed by atoms with Gasteiger partial charge in [0.2, 0.25) is 0 Å². The van der Waals surface area contributed by atoms with Crippen LogP contribution in [0.1, 0.15) is 18.4 Å². The van der Waals surface area contributed by atoms with Crippen molar-refractivity contribution in [3.63, 3.8) is 0 Å². The van der Waals surface area contributed by atoms with Crippen molar-refractivity contribution in [3.8, 4) is 0 Å². The Bertz CT molecular complexity index is 284. The van der Waals surface area contributed by atoms with Gasteiger partial charge in [-0.25, -0.2) is 0 Å². The molecule has 14 heavy (non-hydrogen) atoms. The predicted molar refractivity (Wildman–Crippen MR) is 57.2 cm³/mol. The van der Waals surface area contributed by atoms with Gasteiger partial charge in [0.05, 0.1) is 6.20 Å². The van der Waals surface area contributed by atoms with Gasteiger partial charge in [-0.05, 0) is 51.4 Å². The molecule has 1 aliphatic heterocycles. The van der Waals surface area contributed by atoms with Gasteiger partial charge in [0.15, 0.2) is 0 Å². The fourth-order valence-corrected chi connectivity index (χ4v) is 2.08. The van der Waals surface area contributed by atoms with Gasteiger partial charge < -0.3 is 4.90 Å². The zero-order valence-electron chi connectivity index (χ0n) is 9.11. The van der Waals surface area contributed by atoms with Crippen molar-refractivity contribution >= 4 is 0 Å². The van der Waals surface area contributed by atoms with Crippen molar-refractivity contribution in [2.45, 2.75) is 26.3 Å². The summed E-state index contributed by atoms with van der Waals surface area (Å²) in [6.07, 6.45) is 6.71. The summed E-state index contributed by atoms with van der Waals surface area (Å²) in [5.74, 6) is 0.825. The average Bonchev–Trinajstić information content (AvgIpc) is 2.56. The first-order chi connectivity index (χ1) is 6.74. The van der Waals surface area contributed by atoms with E-state index in [1.807, 2.05) is 6.20 Å². The molecule has 0 unspecified atom stereocenters. The monoisotopic (exact) mass is 193 g/mol. The summed E-state index contributed by atoms with van der Waals surface area (Å²) >= 11 is 0. The van der Waals surface area contributed by atoms with Crippen LogP contribution in [0.15, 0.2) is 12.4 Å². The van der Waals surface area contributed by atoms with E-state index in [0.29, 0.717) is 0 Å². The molecule has 0 N–H and O–H groups in total. The van der Waals surface area contributed by atoms with Gasteiger partial charge in [0, 0.05) is 12.7 Å². The lowest BCUT2D eigenvalue weighted by Gasteiger charge is -2.28. The predicted octanol–water partition coefficient (Wildman–Crippen LogP) is 1.53. The first-order valence-corrected chi connectivity index (χ1v) is 5.41. The average molecular weight is 193 g/mol. The number of hydrogen-bond acceptors (Lipinski definition) is 2. The Hall–Kier alpha value is -0.830. The number of likely N-dealkylation sites (tertiary alicyclic amines) is 1. The topological polar surface area (TPSA) is 21.1 Å². The second-order valence-electron chi connectivity index (χ2n) is 4.49. The molecule has 0 aromatic carbocycles. The maximum absolute atomic E-state index is 4.33. The fourth-order valence-electron chi connectivity index (χ4n) is 2.08. The van der Waals surface area contributed by atoms with E-state index in [4.69, 9.17) is 0 Å². The third kappa shape index (κ3) is 2.35. The van der Waals surface area contributed by atoms with Gasteiger partial charge in [-0.15, -0.1) is 0 Å². The van der Waals surface area contributed by atoms with Crippen LogP contribution >= 0.6 is 0 Å². The molecule has 0 saturated carbocycles. The highest BCUT2D eigenvalue weighted by Crippen LogP contribution is 2.17. The Kier molecular flexibility index (Phi) is 2.87. The molecular weight excluding hydrogens is 174 g/mol. The highest BCUT2D eigenvalue weighted by atomic mass is 15.3. The number of hydrogen-bond donors (Lipinski definition) is 0. The zero-order chi connectivity index (χ0) is 9.97. The number of aromatic nitrogens is 2. The van der Waals surface area contributed by atoms with Crippen molar-refractivity contribution in [1.29, 1.82) is 0 Å². The van der Waals surface area contributed by atoms with Crippen LogP contribution in [0.4, 0.5) is 0 Å². The molecule has 0 amide bonds. The Morgan fingerprint density at radius 3 is 2.71 bits per heavy atom. The van der Waals surface area contributed by atoms with E-state index in [1.54, 1.807) is 0 Å². The molecule has 1 saturated heterocycles. The minimum Gasteiger partial charge on any atom is -0.306 e. The minimum absolute atomic E-state index is 0.825. The minimum atomic E-state index is 0.825. The van der Waals surface area contributed by atoms with Crippen molar-refractivity contribution in [3.05, 3.63) is 18.0 Å². The zero-order valence-corrected chi connectivity index (χ0v) is 9.11. The van der Waals surface area contributed by atoms with Crippen LogP contribution in [-0.2, 0) is 6.54 Å². The summed E-state index contributed by atoms with van der Waals surface area (Å²) in [5.41, 5.74) is 1.26. The van der Waals surface area contributed by atoms with Crippen molar-refractivity contribution in [2.75, 3.05) is 20.1 Å².